The van der Waals surface area contributed by atoms with Crippen LogP contribution in [-0.4, -0.2) is 24.7 Å². The Kier molecular flexibility index (Phi) is 3.62. The first-order valence-electron chi connectivity index (χ1n) is 7.31. The van der Waals surface area contributed by atoms with Crippen molar-refractivity contribution in [2.24, 2.45) is 0 Å². The summed E-state index contributed by atoms with van der Waals surface area (Å²) in [5, 5.41) is 10.5. The van der Waals surface area contributed by atoms with Gasteiger partial charge in [0.2, 0.25) is 0 Å². The van der Waals surface area contributed by atoms with Crippen molar-refractivity contribution in [2.75, 3.05) is 18.6 Å². The maximum absolute atomic E-state index is 12.8. The largest absolute Gasteiger partial charge is 0.497 e. The van der Waals surface area contributed by atoms with Gasteiger partial charge in [0.1, 0.15) is 5.75 Å². The summed E-state index contributed by atoms with van der Waals surface area (Å²) in [6.45, 7) is 2.29. The Bertz CT molecular complexity index is 692. The Balaban J connectivity index is 1.96. The van der Waals surface area contributed by atoms with Gasteiger partial charge >= 0.3 is 0 Å². The zero-order chi connectivity index (χ0) is 15.7. The zero-order valence-corrected chi connectivity index (χ0v) is 12.7. The molecular weight excluding hydrogens is 278 g/mol. The summed E-state index contributed by atoms with van der Waals surface area (Å²) in [6, 6.07) is 14.6. The SMILES string of the molecule is COc1ccc(C(=O)N2CCC(C)(O)c3ccccc32)cc1. The summed E-state index contributed by atoms with van der Waals surface area (Å²) in [5.74, 6) is 0.657. The molecule has 114 valence electrons. The standard InChI is InChI=1S/C18H19NO3/c1-18(21)11-12-19(16-6-4-3-5-15(16)18)17(20)13-7-9-14(22-2)10-8-13/h3-10,21H,11-12H2,1-2H3. The van der Waals surface area contributed by atoms with E-state index in [9.17, 15) is 9.90 Å². The average molecular weight is 297 g/mol. The van der Waals surface area contributed by atoms with Crippen LogP contribution < -0.4 is 9.64 Å². The molecule has 0 bridgehead atoms. The van der Waals surface area contributed by atoms with E-state index in [4.69, 9.17) is 4.74 Å². The highest BCUT2D eigenvalue weighted by Crippen LogP contribution is 2.38. The fraction of sp³-hybridized carbons (Fsp3) is 0.278. The molecule has 0 saturated heterocycles. The van der Waals surface area contributed by atoms with Crippen molar-refractivity contribution in [2.45, 2.75) is 18.9 Å². The molecule has 0 spiro atoms. The van der Waals surface area contributed by atoms with Crippen molar-refractivity contribution >= 4 is 11.6 Å². The molecule has 0 saturated carbocycles. The third-order valence-electron chi connectivity index (χ3n) is 4.18. The zero-order valence-electron chi connectivity index (χ0n) is 12.7. The molecule has 0 radical (unpaired) electrons. The van der Waals surface area contributed by atoms with Gasteiger partial charge < -0.3 is 14.7 Å². The van der Waals surface area contributed by atoms with E-state index in [1.54, 1.807) is 43.2 Å². The second-order valence-electron chi connectivity index (χ2n) is 5.73. The highest BCUT2D eigenvalue weighted by Gasteiger charge is 2.35. The predicted octanol–water partition coefficient (Wildman–Crippen LogP) is 2.95. The summed E-state index contributed by atoms with van der Waals surface area (Å²) in [7, 11) is 1.60. The molecule has 22 heavy (non-hydrogen) atoms. The van der Waals surface area contributed by atoms with Crippen LogP contribution in [-0.2, 0) is 5.60 Å². The highest BCUT2D eigenvalue weighted by atomic mass is 16.5. The Morgan fingerprint density at radius 1 is 1.18 bits per heavy atom. The molecule has 4 heteroatoms. The molecule has 1 amide bonds. The van der Waals surface area contributed by atoms with E-state index in [-0.39, 0.29) is 5.91 Å². The number of amides is 1. The van der Waals surface area contributed by atoms with Crippen molar-refractivity contribution in [1.29, 1.82) is 0 Å². The van der Waals surface area contributed by atoms with Crippen molar-refractivity contribution in [3.63, 3.8) is 0 Å². The van der Waals surface area contributed by atoms with Crippen molar-refractivity contribution in [1.82, 2.24) is 0 Å². The molecule has 0 fully saturated rings. The second-order valence-corrected chi connectivity index (χ2v) is 5.73. The van der Waals surface area contributed by atoms with Crippen LogP contribution in [0.2, 0.25) is 0 Å². The highest BCUT2D eigenvalue weighted by molar-refractivity contribution is 6.06. The van der Waals surface area contributed by atoms with Crippen LogP contribution in [0.5, 0.6) is 5.75 Å². The number of anilines is 1. The van der Waals surface area contributed by atoms with Gasteiger partial charge in [-0.2, -0.15) is 0 Å². The van der Waals surface area contributed by atoms with Crippen LogP contribution in [0.4, 0.5) is 5.69 Å². The van der Waals surface area contributed by atoms with Gasteiger partial charge in [-0.3, -0.25) is 4.79 Å². The molecule has 2 aromatic carbocycles. The van der Waals surface area contributed by atoms with Crippen LogP contribution in [0.1, 0.15) is 29.3 Å². The molecule has 1 unspecified atom stereocenters. The normalized spacial score (nSPS) is 20.4. The van der Waals surface area contributed by atoms with Crippen LogP contribution >= 0.6 is 0 Å². The van der Waals surface area contributed by atoms with Crippen molar-refractivity contribution in [3.8, 4) is 5.75 Å². The van der Waals surface area contributed by atoms with Crippen LogP contribution in [0.15, 0.2) is 48.5 Å². The van der Waals surface area contributed by atoms with E-state index in [1.165, 1.54) is 0 Å². The summed E-state index contributed by atoms with van der Waals surface area (Å²) in [5.41, 5.74) is 1.28. The minimum atomic E-state index is -0.896. The number of para-hydroxylation sites is 1. The quantitative estimate of drug-likeness (QED) is 0.927. The number of fused-ring (bicyclic) bond motifs is 1. The van der Waals surface area contributed by atoms with E-state index >= 15 is 0 Å². The van der Waals surface area contributed by atoms with E-state index in [0.717, 1.165) is 17.0 Å². The molecule has 1 N–H and O–H groups in total. The Morgan fingerprint density at radius 2 is 1.86 bits per heavy atom. The van der Waals surface area contributed by atoms with Crippen molar-refractivity contribution < 1.29 is 14.6 Å². The van der Waals surface area contributed by atoms with Gasteiger partial charge in [0.15, 0.2) is 0 Å². The van der Waals surface area contributed by atoms with Crippen LogP contribution in [0.3, 0.4) is 0 Å². The number of rotatable bonds is 2. The fourth-order valence-corrected chi connectivity index (χ4v) is 2.85. The molecule has 3 rings (SSSR count). The first kappa shape index (κ1) is 14.6. The third kappa shape index (κ3) is 2.46. The average Bonchev–Trinajstić information content (AvgIpc) is 2.55. The van der Waals surface area contributed by atoms with Gasteiger partial charge in [-0.1, -0.05) is 18.2 Å². The van der Waals surface area contributed by atoms with Gasteiger partial charge in [0.05, 0.1) is 18.4 Å². The van der Waals surface area contributed by atoms with Gasteiger partial charge in [-0.15, -0.1) is 0 Å². The predicted molar refractivity (Wildman–Crippen MR) is 85.3 cm³/mol. The molecule has 0 aromatic heterocycles. The Labute approximate surface area is 130 Å². The number of hydrogen-bond donors (Lipinski definition) is 1. The molecule has 1 aliphatic heterocycles. The molecule has 1 aliphatic rings. The number of carbonyl (C=O) groups is 1. The Morgan fingerprint density at radius 3 is 2.55 bits per heavy atom. The molecule has 1 atom stereocenters. The number of hydrogen-bond acceptors (Lipinski definition) is 3. The molecule has 4 nitrogen and oxygen atoms in total. The molecule has 1 heterocycles. The number of ether oxygens (including phenoxy) is 1. The van der Waals surface area contributed by atoms with Crippen LogP contribution in [0.25, 0.3) is 0 Å². The van der Waals surface area contributed by atoms with Crippen molar-refractivity contribution in [3.05, 3.63) is 59.7 Å². The van der Waals surface area contributed by atoms with Gasteiger partial charge in [0.25, 0.3) is 5.91 Å². The lowest BCUT2D eigenvalue weighted by molar-refractivity contribution is 0.0450. The maximum atomic E-state index is 12.8. The smallest absolute Gasteiger partial charge is 0.258 e. The number of carbonyl (C=O) groups excluding carboxylic acids is 1. The Hall–Kier alpha value is -2.33. The molecular formula is C18H19NO3. The first-order chi connectivity index (χ1) is 10.5. The van der Waals surface area contributed by atoms with Gasteiger partial charge in [0, 0.05) is 17.7 Å². The lowest BCUT2D eigenvalue weighted by atomic mass is 9.87. The summed E-state index contributed by atoms with van der Waals surface area (Å²) in [4.78, 5) is 14.5. The topological polar surface area (TPSA) is 49.8 Å². The van der Waals surface area contributed by atoms with E-state index in [2.05, 4.69) is 0 Å². The number of nitrogens with zero attached hydrogens (tertiary/aromatic N) is 1. The van der Waals surface area contributed by atoms with Gasteiger partial charge in [-0.05, 0) is 43.7 Å². The molecule has 2 aromatic rings. The summed E-state index contributed by atoms with van der Waals surface area (Å²) >= 11 is 0. The van der Waals surface area contributed by atoms with Crippen LogP contribution in [0, 0.1) is 0 Å². The lowest BCUT2D eigenvalue weighted by Crippen LogP contribution is -2.42. The first-order valence-corrected chi connectivity index (χ1v) is 7.31. The molecule has 0 aliphatic carbocycles. The second kappa shape index (κ2) is 5.46. The summed E-state index contributed by atoms with van der Waals surface area (Å²) < 4.78 is 5.12. The maximum Gasteiger partial charge on any atom is 0.258 e. The number of benzene rings is 2. The monoisotopic (exact) mass is 297 g/mol. The minimum Gasteiger partial charge on any atom is -0.497 e. The van der Waals surface area contributed by atoms with E-state index in [0.29, 0.717) is 18.5 Å². The third-order valence-corrected chi connectivity index (χ3v) is 4.18. The minimum absolute atomic E-state index is 0.0643. The summed E-state index contributed by atoms with van der Waals surface area (Å²) in [6.07, 6.45) is 0.520. The number of aliphatic hydroxyl groups is 1. The fourth-order valence-electron chi connectivity index (χ4n) is 2.85. The van der Waals surface area contributed by atoms with Gasteiger partial charge in [-0.25, -0.2) is 0 Å². The number of methoxy groups -OCH3 is 1. The lowest BCUT2D eigenvalue weighted by Gasteiger charge is -2.38. The van der Waals surface area contributed by atoms with E-state index in [1.807, 2.05) is 24.3 Å². The van der Waals surface area contributed by atoms with E-state index < -0.39 is 5.60 Å².